The van der Waals surface area contributed by atoms with Gasteiger partial charge in [-0.05, 0) is 35.2 Å². The van der Waals surface area contributed by atoms with Crippen LogP contribution in [0.25, 0.3) is 21.9 Å². The lowest BCUT2D eigenvalue weighted by Crippen LogP contribution is -2.46. The van der Waals surface area contributed by atoms with Gasteiger partial charge >= 0.3 is 5.97 Å². The van der Waals surface area contributed by atoms with Crippen molar-refractivity contribution in [3.05, 3.63) is 81.3 Å². The van der Waals surface area contributed by atoms with Gasteiger partial charge < -0.3 is 14.5 Å². The van der Waals surface area contributed by atoms with E-state index < -0.39 is 18.1 Å². The first-order valence-electron chi connectivity index (χ1n) is 10.1. The van der Waals surface area contributed by atoms with Gasteiger partial charge in [-0.3, -0.25) is 14.9 Å². The normalized spacial score (nSPS) is 18.8. The Kier molecular flexibility index (Phi) is 4.25. The van der Waals surface area contributed by atoms with E-state index in [1.54, 1.807) is 6.07 Å². The molecular formula is C24H22N2O4. The minimum absolute atomic E-state index is 0.153. The van der Waals surface area contributed by atoms with Crippen LogP contribution in [-0.4, -0.2) is 22.1 Å². The summed E-state index contributed by atoms with van der Waals surface area (Å²) < 4.78 is 5.85. The molecule has 0 aliphatic carbocycles. The molecule has 3 heterocycles. The van der Waals surface area contributed by atoms with E-state index in [4.69, 9.17) is 4.42 Å². The molecule has 3 N–H and O–H groups in total. The monoisotopic (exact) mass is 402 g/mol. The van der Waals surface area contributed by atoms with Gasteiger partial charge in [0.1, 0.15) is 17.9 Å². The topological polar surface area (TPSA) is 95.3 Å². The first kappa shape index (κ1) is 18.6. The Labute approximate surface area is 172 Å². The minimum atomic E-state index is -0.942. The third kappa shape index (κ3) is 2.83. The summed E-state index contributed by atoms with van der Waals surface area (Å²) in [5.41, 5.74) is 4.55. The fraction of sp³-hybridized carbons (Fsp3) is 0.250. The molecule has 152 valence electrons. The number of hydrogen-bond donors (Lipinski definition) is 3. The summed E-state index contributed by atoms with van der Waals surface area (Å²) in [6, 6.07) is 12.0. The van der Waals surface area contributed by atoms with Crippen molar-refractivity contribution in [3.8, 4) is 0 Å². The number of aromatic amines is 1. The van der Waals surface area contributed by atoms with Crippen molar-refractivity contribution < 1.29 is 14.3 Å². The Morgan fingerprint density at radius 2 is 1.97 bits per heavy atom. The number of rotatable bonds is 3. The second-order valence-electron chi connectivity index (χ2n) is 8.19. The van der Waals surface area contributed by atoms with Crippen LogP contribution in [0.4, 0.5) is 0 Å². The van der Waals surface area contributed by atoms with Crippen LogP contribution in [0.2, 0.25) is 0 Å². The van der Waals surface area contributed by atoms with Crippen molar-refractivity contribution in [1.29, 1.82) is 0 Å². The van der Waals surface area contributed by atoms with Gasteiger partial charge in [0.25, 0.3) is 0 Å². The molecule has 4 aromatic rings. The van der Waals surface area contributed by atoms with Crippen LogP contribution in [0.3, 0.4) is 0 Å². The molecule has 0 unspecified atom stereocenters. The van der Waals surface area contributed by atoms with Crippen LogP contribution in [-0.2, 0) is 11.2 Å². The van der Waals surface area contributed by atoms with Gasteiger partial charge in [-0.1, -0.05) is 38.1 Å². The standard InChI is InChI=1S/C24H22N2O4/c1-12(2)13-7-8-15-20(9-13)30-11-17(23(15)27)22-21-16(10-19(26-22)24(28)29)14-5-3-4-6-18(14)25-21/h3-9,11-12,19,22,25-26H,10H2,1-2H3,(H,28,29)/t19-,22-/m0/s1. The molecule has 0 saturated heterocycles. The lowest BCUT2D eigenvalue weighted by atomic mass is 9.90. The zero-order chi connectivity index (χ0) is 21.0. The highest BCUT2D eigenvalue weighted by molar-refractivity contribution is 5.87. The Bertz CT molecular complexity index is 1350. The number of benzene rings is 2. The molecule has 2 atom stereocenters. The molecule has 2 aromatic heterocycles. The molecule has 0 spiro atoms. The molecular weight excluding hydrogens is 380 g/mol. The van der Waals surface area contributed by atoms with E-state index in [1.165, 1.54) is 6.26 Å². The Hall–Kier alpha value is -3.38. The highest BCUT2D eigenvalue weighted by atomic mass is 16.4. The van der Waals surface area contributed by atoms with Crippen LogP contribution in [0, 0.1) is 0 Å². The number of H-pyrrole nitrogens is 1. The van der Waals surface area contributed by atoms with E-state index >= 15 is 0 Å². The van der Waals surface area contributed by atoms with Gasteiger partial charge in [-0.25, -0.2) is 0 Å². The van der Waals surface area contributed by atoms with E-state index in [2.05, 4.69) is 24.1 Å². The molecule has 1 aliphatic heterocycles. The molecule has 5 rings (SSSR count). The maximum atomic E-state index is 13.3. The lowest BCUT2D eigenvalue weighted by molar-refractivity contribution is -0.139. The molecule has 30 heavy (non-hydrogen) atoms. The van der Waals surface area contributed by atoms with Crippen LogP contribution in [0.5, 0.6) is 0 Å². The number of nitrogens with one attached hydrogen (secondary N) is 2. The summed E-state index contributed by atoms with van der Waals surface area (Å²) in [5.74, 6) is -0.618. The molecule has 0 amide bonds. The Morgan fingerprint density at radius 1 is 1.17 bits per heavy atom. The number of aliphatic carboxylic acids is 1. The maximum absolute atomic E-state index is 13.3. The van der Waals surface area contributed by atoms with E-state index in [-0.39, 0.29) is 5.43 Å². The van der Waals surface area contributed by atoms with Gasteiger partial charge in [0.2, 0.25) is 0 Å². The van der Waals surface area contributed by atoms with Gasteiger partial charge in [0.05, 0.1) is 17.0 Å². The molecule has 1 aliphatic rings. The number of carboxylic acids is 1. The summed E-state index contributed by atoms with van der Waals surface area (Å²) >= 11 is 0. The van der Waals surface area contributed by atoms with E-state index in [0.29, 0.717) is 28.9 Å². The van der Waals surface area contributed by atoms with Gasteiger partial charge in [0, 0.05) is 23.0 Å². The van der Waals surface area contributed by atoms with E-state index in [9.17, 15) is 14.7 Å². The van der Waals surface area contributed by atoms with Crippen molar-refractivity contribution in [2.24, 2.45) is 0 Å². The van der Waals surface area contributed by atoms with Crippen molar-refractivity contribution in [2.75, 3.05) is 0 Å². The Morgan fingerprint density at radius 3 is 2.73 bits per heavy atom. The van der Waals surface area contributed by atoms with Crippen LogP contribution >= 0.6 is 0 Å². The first-order valence-corrected chi connectivity index (χ1v) is 10.1. The third-order valence-corrected chi connectivity index (χ3v) is 6.01. The van der Waals surface area contributed by atoms with Crippen LogP contribution < -0.4 is 10.7 Å². The zero-order valence-corrected chi connectivity index (χ0v) is 16.7. The smallest absolute Gasteiger partial charge is 0.321 e. The molecule has 6 heteroatoms. The summed E-state index contributed by atoms with van der Waals surface area (Å²) in [5, 5.41) is 14.3. The zero-order valence-electron chi connectivity index (χ0n) is 16.7. The van der Waals surface area contributed by atoms with Crippen molar-refractivity contribution in [3.63, 3.8) is 0 Å². The third-order valence-electron chi connectivity index (χ3n) is 6.01. The number of carbonyl (C=O) groups is 1. The SMILES string of the molecule is CC(C)c1ccc2c(=O)c([C@@H]3N[C@H](C(=O)O)Cc4c3[nH]c3ccccc43)coc2c1. The Balaban J connectivity index is 1.70. The molecule has 0 bridgehead atoms. The lowest BCUT2D eigenvalue weighted by Gasteiger charge is -2.29. The number of fused-ring (bicyclic) bond motifs is 4. The summed E-state index contributed by atoms with van der Waals surface area (Å²) in [4.78, 5) is 28.6. The van der Waals surface area contributed by atoms with Crippen molar-refractivity contribution in [2.45, 2.75) is 38.3 Å². The largest absolute Gasteiger partial charge is 0.480 e. The number of carboxylic acid groups (broad SMARTS) is 1. The molecule has 0 radical (unpaired) electrons. The van der Waals surface area contributed by atoms with Crippen molar-refractivity contribution >= 4 is 27.8 Å². The summed E-state index contributed by atoms with van der Waals surface area (Å²) in [7, 11) is 0. The summed E-state index contributed by atoms with van der Waals surface area (Å²) in [6.07, 6.45) is 1.81. The second kappa shape index (κ2) is 6.85. The molecule has 2 aromatic carbocycles. The van der Waals surface area contributed by atoms with E-state index in [0.717, 1.165) is 27.7 Å². The maximum Gasteiger partial charge on any atom is 0.321 e. The second-order valence-corrected chi connectivity index (χ2v) is 8.19. The quantitative estimate of drug-likeness (QED) is 0.480. The van der Waals surface area contributed by atoms with Gasteiger partial charge in [0.15, 0.2) is 5.43 Å². The fourth-order valence-corrected chi connectivity index (χ4v) is 4.36. The highest BCUT2D eigenvalue weighted by Gasteiger charge is 2.35. The predicted molar refractivity (Wildman–Crippen MR) is 115 cm³/mol. The fourth-order valence-electron chi connectivity index (χ4n) is 4.36. The highest BCUT2D eigenvalue weighted by Crippen LogP contribution is 2.35. The number of aromatic nitrogens is 1. The average Bonchev–Trinajstić information content (AvgIpc) is 3.12. The van der Waals surface area contributed by atoms with Gasteiger partial charge in [-0.2, -0.15) is 0 Å². The number of para-hydroxylation sites is 1. The minimum Gasteiger partial charge on any atom is -0.480 e. The van der Waals surface area contributed by atoms with Crippen LogP contribution in [0.1, 0.15) is 48.2 Å². The first-order chi connectivity index (χ1) is 14.4. The number of hydrogen-bond acceptors (Lipinski definition) is 4. The molecule has 6 nitrogen and oxygen atoms in total. The van der Waals surface area contributed by atoms with Crippen LogP contribution in [0.15, 0.2) is 57.9 Å². The summed E-state index contributed by atoms with van der Waals surface area (Å²) in [6.45, 7) is 4.17. The molecule has 0 saturated carbocycles. The predicted octanol–water partition coefficient (Wildman–Crippen LogP) is 4.09. The van der Waals surface area contributed by atoms with Gasteiger partial charge in [-0.15, -0.1) is 0 Å². The molecule has 0 fully saturated rings. The van der Waals surface area contributed by atoms with Crippen molar-refractivity contribution in [1.82, 2.24) is 10.3 Å². The average molecular weight is 402 g/mol. The van der Waals surface area contributed by atoms with E-state index in [1.807, 2.05) is 36.4 Å².